The summed E-state index contributed by atoms with van der Waals surface area (Å²) in [6.07, 6.45) is -6.87. The van der Waals surface area contributed by atoms with E-state index in [2.05, 4.69) is 0 Å². The van der Waals surface area contributed by atoms with Crippen LogP contribution in [0.1, 0.15) is 18.4 Å². The Labute approximate surface area is 177 Å². The van der Waals surface area contributed by atoms with E-state index < -0.39 is 73.7 Å². The number of ether oxygens (including phenoxy) is 2. The minimum atomic E-state index is -2.72. The van der Waals surface area contributed by atoms with Gasteiger partial charge in [0.25, 0.3) is 5.79 Å². The van der Waals surface area contributed by atoms with Gasteiger partial charge in [0.1, 0.15) is 24.6 Å². The Balaban J connectivity index is 1.92. The summed E-state index contributed by atoms with van der Waals surface area (Å²) in [7, 11) is 0. The smallest absolute Gasteiger partial charge is 0.364 e. The van der Waals surface area contributed by atoms with Gasteiger partial charge in [-0.25, -0.2) is 4.79 Å². The van der Waals surface area contributed by atoms with Crippen LogP contribution in [0.3, 0.4) is 0 Å². The van der Waals surface area contributed by atoms with Crippen LogP contribution in [0.2, 0.25) is 0 Å². The number of nitrogens with two attached hydrogens (primary N) is 2. The molecule has 0 bridgehead atoms. The van der Waals surface area contributed by atoms with E-state index in [0.717, 1.165) is 0 Å². The number of esters is 1. The normalized spacial score (nSPS) is 29.0. The number of hydrogen-bond acceptors (Lipinski definition) is 11. The van der Waals surface area contributed by atoms with Gasteiger partial charge in [-0.15, -0.1) is 0 Å². The third kappa shape index (κ3) is 6.58. The SMILES string of the molecule is N[C@H](Cc1ccc(O)cc1)C(=O)OC[C@@H](O)CC1OC(O)(C(=O)O)CC(O)C1[C@@H](N)O. The molecule has 0 spiro atoms. The first-order valence-corrected chi connectivity index (χ1v) is 9.56. The molecular weight excluding hydrogens is 416 g/mol. The summed E-state index contributed by atoms with van der Waals surface area (Å²) in [6, 6.07) is 5.02. The topological polar surface area (TPSA) is 226 Å². The molecule has 0 saturated carbocycles. The zero-order valence-electron chi connectivity index (χ0n) is 16.6. The fraction of sp³-hybridized carbons (Fsp3) is 0.579. The van der Waals surface area contributed by atoms with Crippen LogP contribution >= 0.6 is 0 Å². The molecule has 1 aliphatic heterocycles. The Hall–Kier alpha value is -2.32. The molecule has 1 aromatic carbocycles. The quantitative estimate of drug-likeness (QED) is 0.145. The lowest BCUT2D eigenvalue weighted by molar-refractivity contribution is -0.296. The molecule has 4 unspecified atom stereocenters. The molecule has 1 fully saturated rings. The number of carboxylic acids is 1. The fourth-order valence-electron chi connectivity index (χ4n) is 3.43. The minimum Gasteiger partial charge on any atom is -0.508 e. The molecule has 2 rings (SSSR count). The number of aliphatic hydroxyl groups excluding tert-OH is 3. The molecular formula is C19H28N2O10. The fourth-order valence-corrected chi connectivity index (χ4v) is 3.43. The van der Waals surface area contributed by atoms with Gasteiger partial charge in [-0.1, -0.05) is 12.1 Å². The number of carbonyl (C=O) groups is 2. The van der Waals surface area contributed by atoms with E-state index in [4.69, 9.17) is 26.0 Å². The van der Waals surface area contributed by atoms with Crippen molar-refractivity contribution in [2.75, 3.05) is 6.61 Å². The van der Waals surface area contributed by atoms with Gasteiger partial charge in [0.2, 0.25) is 0 Å². The van der Waals surface area contributed by atoms with Gasteiger partial charge in [0.05, 0.1) is 24.2 Å². The average Bonchev–Trinajstić information content (AvgIpc) is 2.66. The Kier molecular flexibility index (Phi) is 8.31. The molecule has 12 heteroatoms. The Morgan fingerprint density at radius 3 is 2.39 bits per heavy atom. The van der Waals surface area contributed by atoms with Crippen molar-refractivity contribution >= 4 is 11.9 Å². The molecule has 7 atom stereocenters. The lowest BCUT2D eigenvalue weighted by atomic mass is 9.83. The van der Waals surface area contributed by atoms with Gasteiger partial charge >= 0.3 is 11.9 Å². The van der Waals surface area contributed by atoms with Crippen molar-refractivity contribution in [3.8, 4) is 5.75 Å². The molecule has 1 saturated heterocycles. The van der Waals surface area contributed by atoms with Gasteiger partial charge in [0, 0.05) is 12.8 Å². The maximum Gasteiger partial charge on any atom is 0.364 e. The second-order valence-corrected chi connectivity index (χ2v) is 7.58. The van der Waals surface area contributed by atoms with Crippen LogP contribution in [0.4, 0.5) is 0 Å². The Bertz CT molecular complexity index is 759. The summed E-state index contributed by atoms with van der Waals surface area (Å²) in [5.74, 6) is -6.41. The van der Waals surface area contributed by atoms with Gasteiger partial charge in [-0.2, -0.15) is 0 Å². The largest absolute Gasteiger partial charge is 0.508 e. The number of aromatic hydroxyl groups is 1. The number of carboxylic acid groups (broad SMARTS) is 1. The first-order valence-electron chi connectivity index (χ1n) is 9.56. The van der Waals surface area contributed by atoms with Crippen LogP contribution in [-0.4, -0.2) is 85.6 Å². The standard InChI is InChI=1S/C19H28N2O10/c20-12(5-9-1-3-10(22)4-2-9)17(26)30-8-11(23)6-14-15(16(21)25)13(24)7-19(29,31-14)18(27)28/h1-4,11-16,22-25,29H,5-8,20-21H2,(H,27,28)/t11-,12+,13?,14?,15?,16-,19?/m0/s1. The average molecular weight is 444 g/mol. The molecule has 0 aromatic heterocycles. The summed E-state index contributed by atoms with van der Waals surface area (Å²) in [6.45, 7) is -0.531. The molecule has 0 aliphatic carbocycles. The third-order valence-corrected chi connectivity index (χ3v) is 5.05. The monoisotopic (exact) mass is 444 g/mol. The molecule has 10 N–H and O–H groups in total. The summed E-state index contributed by atoms with van der Waals surface area (Å²) in [5, 5.41) is 58.4. The Morgan fingerprint density at radius 2 is 1.84 bits per heavy atom. The van der Waals surface area contributed by atoms with E-state index in [-0.39, 0.29) is 12.2 Å². The van der Waals surface area contributed by atoms with Gasteiger partial charge in [0.15, 0.2) is 0 Å². The number of rotatable bonds is 9. The van der Waals surface area contributed by atoms with Crippen molar-refractivity contribution in [1.29, 1.82) is 0 Å². The predicted molar refractivity (Wildman–Crippen MR) is 103 cm³/mol. The first-order chi connectivity index (χ1) is 14.4. The number of aliphatic hydroxyl groups is 4. The Morgan fingerprint density at radius 1 is 1.23 bits per heavy atom. The van der Waals surface area contributed by atoms with E-state index in [0.29, 0.717) is 5.56 Å². The summed E-state index contributed by atoms with van der Waals surface area (Å²) < 4.78 is 10.1. The van der Waals surface area contributed by atoms with Crippen molar-refractivity contribution in [2.45, 2.75) is 55.6 Å². The second-order valence-electron chi connectivity index (χ2n) is 7.58. The minimum absolute atomic E-state index is 0.0637. The van der Waals surface area contributed by atoms with Gasteiger partial charge < -0.3 is 51.6 Å². The van der Waals surface area contributed by atoms with Crippen LogP contribution in [0.5, 0.6) is 5.75 Å². The van der Waals surface area contributed by atoms with Crippen molar-refractivity contribution in [3.05, 3.63) is 29.8 Å². The van der Waals surface area contributed by atoms with Crippen molar-refractivity contribution < 1.29 is 49.7 Å². The maximum absolute atomic E-state index is 12.1. The summed E-state index contributed by atoms with van der Waals surface area (Å²) in [5.41, 5.74) is 11.9. The van der Waals surface area contributed by atoms with Crippen LogP contribution in [0.25, 0.3) is 0 Å². The molecule has 12 nitrogen and oxygen atoms in total. The van der Waals surface area contributed by atoms with Crippen molar-refractivity contribution in [3.63, 3.8) is 0 Å². The van der Waals surface area contributed by atoms with Crippen LogP contribution in [0, 0.1) is 5.92 Å². The molecule has 1 heterocycles. The van der Waals surface area contributed by atoms with Crippen LogP contribution < -0.4 is 11.5 Å². The second kappa shape index (κ2) is 10.3. The molecule has 1 aliphatic rings. The number of benzene rings is 1. The van der Waals surface area contributed by atoms with E-state index in [1.165, 1.54) is 12.1 Å². The van der Waals surface area contributed by atoms with E-state index in [9.17, 15) is 35.1 Å². The van der Waals surface area contributed by atoms with Crippen molar-refractivity contribution in [1.82, 2.24) is 0 Å². The molecule has 0 amide bonds. The first kappa shape index (κ1) is 24.9. The van der Waals surface area contributed by atoms with E-state index in [1.807, 2.05) is 0 Å². The maximum atomic E-state index is 12.1. The highest BCUT2D eigenvalue weighted by Gasteiger charge is 2.52. The van der Waals surface area contributed by atoms with Gasteiger partial charge in [-0.3, -0.25) is 4.79 Å². The summed E-state index contributed by atoms with van der Waals surface area (Å²) in [4.78, 5) is 23.3. The number of phenols is 1. The summed E-state index contributed by atoms with van der Waals surface area (Å²) >= 11 is 0. The zero-order chi connectivity index (χ0) is 23.3. The highest BCUT2D eigenvalue weighted by atomic mass is 16.7. The molecule has 1 aromatic rings. The predicted octanol–water partition coefficient (Wildman–Crippen LogP) is -2.63. The number of aliphatic carboxylic acids is 1. The number of phenolic OH excluding ortho intramolecular Hbond substituents is 1. The third-order valence-electron chi connectivity index (χ3n) is 5.05. The highest BCUT2D eigenvalue weighted by Crippen LogP contribution is 2.35. The van der Waals surface area contributed by atoms with Crippen molar-refractivity contribution in [2.24, 2.45) is 17.4 Å². The van der Waals surface area contributed by atoms with Crippen LogP contribution in [-0.2, 0) is 25.5 Å². The molecule has 31 heavy (non-hydrogen) atoms. The number of hydrogen-bond donors (Lipinski definition) is 8. The number of carbonyl (C=O) groups excluding carboxylic acids is 1. The van der Waals surface area contributed by atoms with Crippen LogP contribution in [0.15, 0.2) is 24.3 Å². The lowest BCUT2D eigenvalue weighted by Crippen LogP contribution is -2.60. The molecule has 0 radical (unpaired) electrons. The lowest BCUT2D eigenvalue weighted by Gasteiger charge is -2.43. The zero-order valence-corrected chi connectivity index (χ0v) is 16.6. The highest BCUT2D eigenvalue weighted by molar-refractivity contribution is 5.76. The molecule has 174 valence electrons. The van der Waals surface area contributed by atoms with Gasteiger partial charge in [-0.05, 0) is 24.1 Å². The van der Waals surface area contributed by atoms with E-state index in [1.54, 1.807) is 12.1 Å². The van der Waals surface area contributed by atoms with E-state index >= 15 is 0 Å².